The van der Waals surface area contributed by atoms with Crippen molar-refractivity contribution in [3.05, 3.63) is 71.5 Å². The number of carbonyl (C=O) groups excluding carboxylic acids is 2. The molecule has 3 heterocycles. The molecule has 9 nitrogen and oxygen atoms in total. The first-order valence-corrected chi connectivity index (χ1v) is 12.9. The van der Waals surface area contributed by atoms with Crippen LogP contribution in [0.2, 0.25) is 0 Å². The molecule has 0 aliphatic carbocycles. The van der Waals surface area contributed by atoms with Gasteiger partial charge in [-0.1, -0.05) is 41.6 Å². The molecular weight excluding hydrogens is 470 g/mol. The summed E-state index contributed by atoms with van der Waals surface area (Å²) in [5.74, 6) is 0.525. The van der Waals surface area contributed by atoms with Gasteiger partial charge in [0.15, 0.2) is 11.3 Å². The molecule has 1 fully saturated rings. The lowest BCUT2D eigenvalue weighted by Crippen LogP contribution is -2.61. The maximum absolute atomic E-state index is 13.7. The highest BCUT2D eigenvalue weighted by atomic mass is 16.5. The van der Waals surface area contributed by atoms with Crippen LogP contribution in [0.4, 0.5) is 0 Å². The van der Waals surface area contributed by atoms with E-state index < -0.39 is 5.60 Å². The van der Waals surface area contributed by atoms with Crippen molar-refractivity contribution in [1.29, 1.82) is 0 Å². The lowest BCUT2D eigenvalue weighted by molar-refractivity contribution is -0.169. The van der Waals surface area contributed by atoms with Crippen molar-refractivity contribution in [2.45, 2.75) is 38.2 Å². The minimum atomic E-state index is -1.09. The summed E-state index contributed by atoms with van der Waals surface area (Å²) in [4.78, 5) is 30.7. The van der Waals surface area contributed by atoms with E-state index >= 15 is 0 Å². The number of carbonyl (C=O) groups is 2. The van der Waals surface area contributed by atoms with E-state index in [0.29, 0.717) is 37.5 Å². The predicted octanol–water partition coefficient (Wildman–Crippen LogP) is 3.05. The van der Waals surface area contributed by atoms with E-state index in [9.17, 15) is 9.59 Å². The molecule has 0 radical (unpaired) electrons. The molecule has 1 saturated heterocycles. The van der Waals surface area contributed by atoms with E-state index in [4.69, 9.17) is 9.47 Å². The molecule has 0 saturated carbocycles. The zero-order valence-electron chi connectivity index (χ0n) is 21.4. The third-order valence-corrected chi connectivity index (χ3v) is 7.24. The number of nitrogens with zero attached hydrogens (tertiary/aromatic N) is 5. The largest absolute Gasteiger partial charge is 0.491 e. The van der Waals surface area contributed by atoms with E-state index in [1.54, 1.807) is 21.5 Å². The number of aryl methyl sites for hydroxylation is 1. The third kappa shape index (κ3) is 5.09. The van der Waals surface area contributed by atoms with Crippen LogP contribution in [-0.4, -0.2) is 82.1 Å². The van der Waals surface area contributed by atoms with E-state index in [-0.39, 0.29) is 25.0 Å². The van der Waals surface area contributed by atoms with Crippen molar-refractivity contribution < 1.29 is 19.1 Å². The zero-order chi connectivity index (χ0) is 25.8. The van der Waals surface area contributed by atoms with Gasteiger partial charge < -0.3 is 19.3 Å². The van der Waals surface area contributed by atoms with Crippen LogP contribution in [0, 0.1) is 6.92 Å². The van der Waals surface area contributed by atoms with Gasteiger partial charge in [0, 0.05) is 13.6 Å². The predicted molar refractivity (Wildman–Crippen MR) is 138 cm³/mol. The molecule has 1 aromatic heterocycles. The molecule has 2 aliphatic rings. The fourth-order valence-corrected chi connectivity index (χ4v) is 5.16. The molecular formula is C28H33N5O4. The molecule has 3 aromatic rings. The molecule has 2 aromatic carbocycles. The number of para-hydroxylation sites is 2. The highest BCUT2D eigenvalue weighted by molar-refractivity contribution is 5.94. The first-order chi connectivity index (χ1) is 18.0. The van der Waals surface area contributed by atoms with E-state index in [0.717, 1.165) is 30.7 Å². The van der Waals surface area contributed by atoms with E-state index in [1.165, 1.54) is 5.56 Å². The second kappa shape index (κ2) is 10.7. The molecule has 0 N–H and O–H groups in total. The number of hydrogen-bond acceptors (Lipinski definition) is 6. The Balaban J connectivity index is 1.36. The summed E-state index contributed by atoms with van der Waals surface area (Å²) < 4.78 is 13.9. The highest BCUT2D eigenvalue weighted by Gasteiger charge is 2.46. The lowest BCUT2D eigenvalue weighted by atomic mass is 9.91. The zero-order valence-corrected chi connectivity index (χ0v) is 21.4. The maximum atomic E-state index is 13.7. The van der Waals surface area contributed by atoms with Gasteiger partial charge in [0.1, 0.15) is 12.4 Å². The van der Waals surface area contributed by atoms with Gasteiger partial charge in [-0.15, -0.1) is 5.10 Å². The molecule has 1 unspecified atom stereocenters. The normalized spacial score (nSPS) is 21.1. The summed E-state index contributed by atoms with van der Waals surface area (Å²) >= 11 is 0. The number of ether oxygens (including phenoxy) is 2. The van der Waals surface area contributed by atoms with Crippen LogP contribution in [0.3, 0.4) is 0 Å². The van der Waals surface area contributed by atoms with Crippen LogP contribution in [0.25, 0.3) is 5.69 Å². The fourth-order valence-electron chi connectivity index (χ4n) is 5.16. The van der Waals surface area contributed by atoms with Gasteiger partial charge in [-0.2, -0.15) is 0 Å². The molecule has 194 valence electrons. The van der Waals surface area contributed by atoms with Crippen molar-refractivity contribution in [2.75, 3.05) is 39.9 Å². The number of amides is 2. The third-order valence-electron chi connectivity index (χ3n) is 7.24. The molecule has 2 amide bonds. The Bertz CT molecular complexity index is 1260. The van der Waals surface area contributed by atoms with Gasteiger partial charge in [-0.05, 0) is 56.4 Å². The lowest BCUT2D eigenvalue weighted by Gasteiger charge is -2.43. The van der Waals surface area contributed by atoms with Crippen molar-refractivity contribution in [1.82, 2.24) is 24.8 Å². The monoisotopic (exact) mass is 503 g/mol. The number of fused-ring (bicyclic) bond motifs is 1. The van der Waals surface area contributed by atoms with Crippen LogP contribution >= 0.6 is 0 Å². The first kappa shape index (κ1) is 25.0. The minimum absolute atomic E-state index is 0.118. The van der Waals surface area contributed by atoms with E-state index in [2.05, 4.69) is 16.4 Å². The molecule has 1 spiro atoms. The smallest absolute Gasteiger partial charge is 0.276 e. The Morgan fingerprint density at radius 1 is 1.00 bits per heavy atom. The summed E-state index contributed by atoms with van der Waals surface area (Å²) in [5.41, 5.74) is 1.87. The summed E-state index contributed by atoms with van der Waals surface area (Å²) in [7, 11) is 1.77. The second-order valence-corrected chi connectivity index (χ2v) is 9.73. The van der Waals surface area contributed by atoms with Crippen molar-refractivity contribution in [3.63, 3.8) is 0 Å². The number of rotatable bonds is 2. The Morgan fingerprint density at radius 3 is 2.62 bits per heavy atom. The van der Waals surface area contributed by atoms with Gasteiger partial charge in [-0.25, -0.2) is 4.68 Å². The molecule has 37 heavy (non-hydrogen) atoms. The molecule has 9 heteroatoms. The molecule has 1 atom stereocenters. The summed E-state index contributed by atoms with van der Waals surface area (Å²) in [6.45, 7) is 3.52. The molecule has 0 bridgehead atoms. The van der Waals surface area contributed by atoms with Crippen LogP contribution in [0.1, 0.15) is 41.0 Å². The maximum Gasteiger partial charge on any atom is 0.276 e. The van der Waals surface area contributed by atoms with Gasteiger partial charge in [0.05, 0.1) is 31.1 Å². The van der Waals surface area contributed by atoms with Crippen LogP contribution < -0.4 is 4.74 Å². The summed E-state index contributed by atoms with van der Waals surface area (Å²) in [6.07, 6.45) is 3.08. The Labute approximate surface area is 217 Å². The van der Waals surface area contributed by atoms with Gasteiger partial charge in [-0.3, -0.25) is 9.59 Å². The Kier molecular flexibility index (Phi) is 7.23. The number of benzene rings is 2. The van der Waals surface area contributed by atoms with Gasteiger partial charge in [0.2, 0.25) is 0 Å². The summed E-state index contributed by atoms with van der Waals surface area (Å²) in [6, 6.07) is 17.7. The number of aromatic nitrogens is 3. The topological polar surface area (TPSA) is 89.8 Å². The number of morpholine rings is 1. The van der Waals surface area contributed by atoms with Crippen LogP contribution in [0.15, 0.2) is 54.6 Å². The summed E-state index contributed by atoms with van der Waals surface area (Å²) in [5, 5.41) is 8.43. The van der Waals surface area contributed by atoms with E-state index in [1.807, 2.05) is 55.5 Å². The average molecular weight is 504 g/mol. The van der Waals surface area contributed by atoms with Gasteiger partial charge >= 0.3 is 0 Å². The van der Waals surface area contributed by atoms with Crippen LogP contribution in [0.5, 0.6) is 5.75 Å². The van der Waals surface area contributed by atoms with Crippen molar-refractivity contribution in [3.8, 4) is 11.4 Å². The average Bonchev–Trinajstić information content (AvgIpc) is 3.32. The molecule has 2 aliphatic heterocycles. The number of likely N-dealkylation sites (N-methyl/N-ethyl adjacent to an activating group) is 1. The minimum Gasteiger partial charge on any atom is -0.491 e. The fraction of sp³-hybridized carbons (Fsp3) is 0.429. The quantitative estimate of drug-likeness (QED) is 0.534. The van der Waals surface area contributed by atoms with Crippen LogP contribution in [-0.2, 0) is 16.0 Å². The Hall–Kier alpha value is -3.72. The Morgan fingerprint density at radius 2 is 1.78 bits per heavy atom. The van der Waals surface area contributed by atoms with Gasteiger partial charge in [0.25, 0.3) is 11.8 Å². The van der Waals surface area contributed by atoms with Crippen molar-refractivity contribution >= 4 is 11.8 Å². The SMILES string of the molecule is Cc1c(C(=O)N2CCOC3(CCCCc4ccccc4OCCN(C)C3=O)C2)nnn1-c1ccccc1. The number of hydrogen-bond donors (Lipinski definition) is 0. The van der Waals surface area contributed by atoms with Crippen molar-refractivity contribution in [2.24, 2.45) is 0 Å². The molecule has 5 rings (SSSR count). The highest BCUT2D eigenvalue weighted by Crippen LogP contribution is 2.30. The first-order valence-electron chi connectivity index (χ1n) is 12.9. The second-order valence-electron chi connectivity index (χ2n) is 9.73. The standard InChI is InChI=1S/C28H33N5O4/c1-21-25(29-30-33(21)23-12-4-3-5-13-23)26(34)32-17-19-37-28(20-32)15-9-8-11-22-10-6-7-14-24(22)36-18-16-31(2)27(28)35/h3-7,10,12-14H,8-9,11,15-20H2,1-2H3.